The van der Waals surface area contributed by atoms with Crippen LogP contribution in [0.5, 0.6) is 0 Å². The second-order valence-corrected chi connectivity index (χ2v) is 6.25. The van der Waals surface area contributed by atoms with Crippen LogP contribution in [0.1, 0.15) is 10.4 Å². The van der Waals surface area contributed by atoms with Crippen LogP contribution >= 0.6 is 31.9 Å². The number of hydrogen-bond donors (Lipinski definition) is 2. The van der Waals surface area contributed by atoms with Crippen LogP contribution in [-0.4, -0.2) is 10.9 Å². The highest BCUT2D eigenvalue weighted by molar-refractivity contribution is 9.11. The molecule has 7 heteroatoms. The van der Waals surface area contributed by atoms with Gasteiger partial charge in [-0.3, -0.25) is 15.2 Å². The van der Waals surface area contributed by atoms with Gasteiger partial charge in [-0.2, -0.15) is 0 Å². The fourth-order valence-electron chi connectivity index (χ4n) is 2.01. The molecule has 3 aromatic rings. The molecule has 2 aromatic heterocycles. The molecule has 1 amide bonds. The van der Waals surface area contributed by atoms with Gasteiger partial charge in [0, 0.05) is 33.9 Å². The van der Waals surface area contributed by atoms with Crippen molar-refractivity contribution < 1.29 is 9.21 Å². The van der Waals surface area contributed by atoms with Crippen LogP contribution in [-0.2, 0) is 0 Å². The maximum atomic E-state index is 12.3. The number of hydrogen-bond acceptors (Lipinski definition) is 4. The van der Waals surface area contributed by atoms with Crippen LogP contribution in [0.25, 0.3) is 11.0 Å². The number of nitrogens with zero attached hydrogens (tertiary/aromatic N) is 1. The summed E-state index contributed by atoms with van der Waals surface area (Å²) in [4.78, 5) is 16.2. The molecule has 110 valence electrons. The lowest BCUT2D eigenvalue weighted by Crippen LogP contribution is -2.14. The fraction of sp³-hybridized carbons (Fsp3) is 0. The molecule has 0 bridgehead atoms. The van der Waals surface area contributed by atoms with Crippen LogP contribution in [0.3, 0.4) is 0 Å². The van der Waals surface area contributed by atoms with E-state index < -0.39 is 0 Å². The lowest BCUT2D eigenvalue weighted by atomic mass is 10.2. The summed E-state index contributed by atoms with van der Waals surface area (Å²) < 4.78 is 6.95. The second kappa shape index (κ2) is 6.02. The van der Waals surface area contributed by atoms with Gasteiger partial charge in [-0.15, -0.1) is 0 Å². The van der Waals surface area contributed by atoms with Crippen LogP contribution in [0.4, 0.5) is 5.69 Å². The summed E-state index contributed by atoms with van der Waals surface area (Å²) in [6, 6.07) is 8.36. The number of benzene rings is 1. The molecule has 0 radical (unpaired) electrons. The quantitative estimate of drug-likeness (QED) is 0.652. The van der Waals surface area contributed by atoms with Gasteiger partial charge in [-0.1, -0.05) is 15.9 Å². The maximum absolute atomic E-state index is 12.3. The zero-order chi connectivity index (χ0) is 15.7. The molecular weight excluding hydrogens is 414 g/mol. The highest BCUT2D eigenvalue weighted by Gasteiger charge is 2.12. The SMILES string of the molecule is N=c1cc(NC(=O)c2ccncc2)c2cc(Br)cc(Br)c2o1. The van der Waals surface area contributed by atoms with Crippen molar-refractivity contribution in [3.63, 3.8) is 0 Å². The van der Waals surface area contributed by atoms with Gasteiger partial charge in [0.1, 0.15) is 0 Å². The number of nitrogens with one attached hydrogen (secondary N) is 2. The fourth-order valence-corrected chi connectivity index (χ4v) is 3.32. The first kappa shape index (κ1) is 14.9. The van der Waals surface area contributed by atoms with E-state index in [4.69, 9.17) is 9.83 Å². The Kier molecular flexibility index (Phi) is 4.08. The number of carbonyl (C=O) groups is 1. The monoisotopic (exact) mass is 421 g/mol. The van der Waals surface area contributed by atoms with Gasteiger partial charge in [-0.25, -0.2) is 0 Å². The normalized spacial score (nSPS) is 10.6. The van der Waals surface area contributed by atoms with E-state index in [9.17, 15) is 4.79 Å². The van der Waals surface area contributed by atoms with Gasteiger partial charge in [0.2, 0.25) is 5.55 Å². The Morgan fingerprint density at radius 2 is 1.91 bits per heavy atom. The molecule has 5 nitrogen and oxygen atoms in total. The number of amides is 1. The number of rotatable bonds is 2. The van der Waals surface area contributed by atoms with Crippen molar-refractivity contribution in [2.75, 3.05) is 5.32 Å². The van der Waals surface area contributed by atoms with Crippen molar-refractivity contribution in [3.8, 4) is 0 Å². The topological polar surface area (TPSA) is 79.0 Å². The van der Waals surface area contributed by atoms with Crippen LogP contribution in [0, 0.1) is 5.41 Å². The summed E-state index contributed by atoms with van der Waals surface area (Å²) in [6.45, 7) is 0. The highest BCUT2D eigenvalue weighted by Crippen LogP contribution is 2.31. The molecule has 1 aromatic carbocycles. The Hall–Kier alpha value is -1.99. The minimum absolute atomic E-state index is 0.0412. The number of carbonyl (C=O) groups excluding carboxylic acids is 1. The molecule has 0 aliphatic rings. The third-order valence-corrected chi connectivity index (χ3v) is 4.02. The predicted octanol–water partition coefficient (Wildman–Crippen LogP) is 4.08. The van der Waals surface area contributed by atoms with E-state index in [1.54, 1.807) is 24.5 Å². The lowest BCUT2D eigenvalue weighted by Gasteiger charge is -2.09. The van der Waals surface area contributed by atoms with Crippen LogP contribution in [0.2, 0.25) is 0 Å². The van der Waals surface area contributed by atoms with E-state index in [1.165, 1.54) is 6.07 Å². The summed E-state index contributed by atoms with van der Waals surface area (Å²) in [6.07, 6.45) is 3.10. The largest absolute Gasteiger partial charge is 0.438 e. The van der Waals surface area contributed by atoms with E-state index in [2.05, 4.69) is 42.2 Å². The molecule has 0 aliphatic carbocycles. The Bertz CT molecular complexity index is 923. The summed E-state index contributed by atoms with van der Waals surface area (Å²) in [7, 11) is 0. The van der Waals surface area contributed by atoms with Crippen molar-refractivity contribution in [2.45, 2.75) is 0 Å². The first-order chi connectivity index (χ1) is 10.5. The molecule has 0 fully saturated rings. The Morgan fingerprint density at radius 3 is 2.64 bits per heavy atom. The number of halogens is 2. The molecule has 2 N–H and O–H groups in total. The zero-order valence-corrected chi connectivity index (χ0v) is 14.2. The summed E-state index contributed by atoms with van der Waals surface area (Å²) in [5.41, 5.74) is 1.46. The minimum Gasteiger partial charge on any atom is -0.438 e. The average molecular weight is 423 g/mol. The molecule has 0 aliphatic heterocycles. The van der Waals surface area contributed by atoms with Crippen molar-refractivity contribution in [1.82, 2.24) is 4.98 Å². The van der Waals surface area contributed by atoms with Gasteiger partial charge in [0.15, 0.2) is 5.58 Å². The number of anilines is 1. The molecular formula is C15H9Br2N3O2. The summed E-state index contributed by atoms with van der Waals surface area (Å²) >= 11 is 6.81. The van der Waals surface area contributed by atoms with E-state index in [0.717, 1.165) is 4.47 Å². The summed E-state index contributed by atoms with van der Waals surface area (Å²) in [5.74, 6) is -0.273. The van der Waals surface area contributed by atoms with E-state index in [0.29, 0.717) is 26.7 Å². The van der Waals surface area contributed by atoms with E-state index in [-0.39, 0.29) is 11.5 Å². The van der Waals surface area contributed by atoms with Gasteiger partial charge in [0.25, 0.3) is 5.91 Å². The lowest BCUT2D eigenvalue weighted by molar-refractivity contribution is 0.102. The van der Waals surface area contributed by atoms with Crippen molar-refractivity contribution in [2.24, 2.45) is 0 Å². The molecule has 0 atom stereocenters. The first-order valence-electron chi connectivity index (χ1n) is 6.23. The molecule has 0 unspecified atom stereocenters. The van der Waals surface area contributed by atoms with Gasteiger partial charge in [-0.05, 0) is 40.2 Å². The molecule has 22 heavy (non-hydrogen) atoms. The van der Waals surface area contributed by atoms with E-state index >= 15 is 0 Å². The first-order valence-corrected chi connectivity index (χ1v) is 7.82. The predicted molar refractivity (Wildman–Crippen MR) is 89.7 cm³/mol. The zero-order valence-electron chi connectivity index (χ0n) is 11.1. The van der Waals surface area contributed by atoms with Gasteiger partial charge >= 0.3 is 0 Å². The Labute approximate surface area is 142 Å². The third kappa shape index (κ3) is 2.95. The highest BCUT2D eigenvalue weighted by atomic mass is 79.9. The Morgan fingerprint density at radius 1 is 1.18 bits per heavy atom. The second-order valence-electron chi connectivity index (χ2n) is 4.48. The number of aromatic nitrogens is 1. The average Bonchev–Trinajstić information content (AvgIpc) is 2.49. The van der Waals surface area contributed by atoms with Crippen molar-refractivity contribution in [1.29, 1.82) is 5.41 Å². The number of pyridine rings is 1. The molecule has 0 saturated carbocycles. The van der Waals surface area contributed by atoms with Crippen molar-refractivity contribution in [3.05, 3.63) is 62.8 Å². The van der Waals surface area contributed by atoms with E-state index in [1.807, 2.05) is 12.1 Å². The third-order valence-electron chi connectivity index (χ3n) is 2.98. The molecule has 0 saturated heterocycles. The van der Waals surface area contributed by atoms with Crippen LogP contribution < -0.4 is 10.9 Å². The smallest absolute Gasteiger partial charge is 0.255 e. The molecule has 2 heterocycles. The van der Waals surface area contributed by atoms with Gasteiger partial charge < -0.3 is 9.73 Å². The minimum atomic E-state index is -0.273. The Balaban J connectivity index is 2.11. The number of fused-ring (bicyclic) bond motifs is 1. The summed E-state index contributed by atoms with van der Waals surface area (Å²) in [5, 5.41) is 11.3. The maximum Gasteiger partial charge on any atom is 0.255 e. The molecule has 3 rings (SSSR count). The van der Waals surface area contributed by atoms with Crippen LogP contribution in [0.15, 0.2) is 56.1 Å². The van der Waals surface area contributed by atoms with Crippen molar-refractivity contribution >= 4 is 54.4 Å². The van der Waals surface area contributed by atoms with Gasteiger partial charge in [0.05, 0.1) is 10.2 Å². The standard InChI is InChI=1S/C15H9Br2N3O2/c16-9-5-10-12(7-13(18)22-14(10)11(17)6-9)20-15(21)8-1-3-19-4-2-8/h1-7,18H,(H,20,21). The molecule has 0 spiro atoms.